The molecule has 5 heteroatoms. The molecule has 0 fully saturated rings. The van der Waals surface area contributed by atoms with Gasteiger partial charge in [0.1, 0.15) is 6.61 Å². The summed E-state index contributed by atoms with van der Waals surface area (Å²) in [6.07, 6.45) is 2.86. The van der Waals surface area contributed by atoms with Crippen molar-refractivity contribution >= 4 is 28.9 Å². The van der Waals surface area contributed by atoms with Crippen molar-refractivity contribution in [2.45, 2.75) is 25.9 Å². The Kier molecular flexibility index (Phi) is 6.02. The summed E-state index contributed by atoms with van der Waals surface area (Å²) >= 11 is 12.6. The van der Waals surface area contributed by atoms with E-state index in [0.717, 1.165) is 58.1 Å². The lowest BCUT2D eigenvalue weighted by Gasteiger charge is -2.19. The van der Waals surface area contributed by atoms with Crippen molar-refractivity contribution in [2.75, 3.05) is 0 Å². The molecule has 3 nitrogen and oxygen atoms in total. The number of rotatable bonds is 5. The summed E-state index contributed by atoms with van der Waals surface area (Å²) in [6, 6.07) is 28.2. The van der Waals surface area contributed by atoms with E-state index in [1.165, 1.54) is 5.69 Å². The van der Waals surface area contributed by atoms with E-state index in [0.29, 0.717) is 11.6 Å². The third-order valence-electron chi connectivity index (χ3n) is 5.72. The molecule has 0 saturated heterocycles. The Morgan fingerprint density at radius 2 is 1.59 bits per heavy atom. The molecule has 0 amide bonds. The molecule has 0 N–H and O–H groups in total. The molecule has 0 spiro atoms. The van der Waals surface area contributed by atoms with Crippen LogP contribution >= 0.6 is 23.2 Å². The number of aromatic nitrogens is 1. The predicted molar refractivity (Wildman–Crippen MR) is 132 cm³/mol. The number of benzene rings is 3. The molecule has 0 aliphatic heterocycles. The largest absolute Gasteiger partial charge is 0.391 e. The Labute approximate surface area is 197 Å². The van der Waals surface area contributed by atoms with Crippen molar-refractivity contribution in [2.24, 2.45) is 5.16 Å². The fraction of sp³-hybridized carbons (Fsp3) is 0.148. The van der Waals surface area contributed by atoms with Crippen molar-refractivity contribution in [3.63, 3.8) is 0 Å². The summed E-state index contributed by atoms with van der Waals surface area (Å²) in [7, 11) is 0. The molecule has 0 saturated carbocycles. The lowest BCUT2D eigenvalue weighted by molar-refractivity contribution is 0.130. The number of oxime groups is 1. The van der Waals surface area contributed by atoms with Crippen LogP contribution in [0, 0.1) is 0 Å². The van der Waals surface area contributed by atoms with Crippen molar-refractivity contribution < 1.29 is 4.84 Å². The van der Waals surface area contributed by atoms with Crippen LogP contribution in [0.15, 0.2) is 90.1 Å². The first-order chi connectivity index (χ1) is 15.7. The molecule has 4 aromatic rings. The van der Waals surface area contributed by atoms with Gasteiger partial charge in [0.2, 0.25) is 0 Å². The van der Waals surface area contributed by atoms with Crippen LogP contribution in [-0.2, 0) is 17.9 Å². The van der Waals surface area contributed by atoms with Crippen LogP contribution in [0.5, 0.6) is 0 Å². The SMILES string of the molecule is Clc1ccc(CO/N=C2\CCCc3c2cc(-c2ccccc2)n3-c2ccccc2Cl)cc1. The summed E-state index contributed by atoms with van der Waals surface area (Å²) in [5.41, 5.74) is 7.59. The van der Waals surface area contributed by atoms with Crippen LogP contribution in [0.2, 0.25) is 10.0 Å². The summed E-state index contributed by atoms with van der Waals surface area (Å²) in [5, 5.41) is 5.99. The minimum absolute atomic E-state index is 0.409. The molecule has 5 rings (SSSR count). The number of hydrogen-bond donors (Lipinski definition) is 0. The highest BCUT2D eigenvalue weighted by Gasteiger charge is 2.25. The predicted octanol–water partition coefficient (Wildman–Crippen LogP) is 7.71. The van der Waals surface area contributed by atoms with Gasteiger partial charge in [-0.05, 0) is 60.7 Å². The number of nitrogens with zero attached hydrogens (tertiary/aromatic N) is 2. The quantitative estimate of drug-likeness (QED) is 0.280. The van der Waals surface area contributed by atoms with Crippen molar-refractivity contribution in [3.05, 3.63) is 112 Å². The van der Waals surface area contributed by atoms with Crippen molar-refractivity contribution in [1.82, 2.24) is 4.57 Å². The molecule has 3 aromatic carbocycles. The van der Waals surface area contributed by atoms with Gasteiger partial charge in [0.25, 0.3) is 0 Å². The first-order valence-corrected chi connectivity index (χ1v) is 11.4. The second-order valence-corrected chi connectivity index (χ2v) is 8.68. The fourth-order valence-corrected chi connectivity index (χ4v) is 4.54. The van der Waals surface area contributed by atoms with E-state index in [9.17, 15) is 0 Å². The normalized spacial score (nSPS) is 14.4. The van der Waals surface area contributed by atoms with Gasteiger partial charge in [-0.15, -0.1) is 0 Å². The Bertz CT molecular complexity index is 1260. The van der Waals surface area contributed by atoms with Crippen LogP contribution in [0.3, 0.4) is 0 Å². The van der Waals surface area contributed by atoms with Crippen LogP contribution in [0.4, 0.5) is 0 Å². The second kappa shape index (κ2) is 9.23. The molecule has 1 heterocycles. The minimum Gasteiger partial charge on any atom is -0.391 e. The summed E-state index contributed by atoms with van der Waals surface area (Å²) in [4.78, 5) is 5.75. The average Bonchev–Trinajstić information content (AvgIpc) is 3.22. The number of halogens is 2. The van der Waals surface area contributed by atoms with E-state index in [2.05, 4.69) is 46.1 Å². The molecular formula is C27H22Cl2N2O. The molecule has 1 aliphatic rings. The molecular weight excluding hydrogens is 439 g/mol. The molecule has 0 atom stereocenters. The monoisotopic (exact) mass is 460 g/mol. The Morgan fingerprint density at radius 3 is 2.38 bits per heavy atom. The summed E-state index contributed by atoms with van der Waals surface area (Å²) in [6.45, 7) is 0.409. The van der Waals surface area contributed by atoms with E-state index in [4.69, 9.17) is 28.0 Å². The standard InChI is InChI=1S/C27H22Cl2N2O/c28-21-15-13-19(14-16-21)18-32-30-24-10-6-12-25-22(24)17-27(20-7-2-1-3-8-20)31(25)26-11-5-4-9-23(26)29/h1-5,7-9,11,13-17H,6,10,12,18H2/b30-24+. The van der Waals surface area contributed by atoms with E-state index in [1.54, 1.807) is 0 Å². The Morgan fingerprint density at radius 1 is 0.844 bits per heavy atom. The zero-order chi connectivity index (χ0) is 21.9. The number of fused-ring (bicyclic) bond motifs is 1. The van der Waals surface area contributed by atoms with Gasteiger partial charge in [0.15, 0.2) is 0 Å². The summed E-state index contributed by atoms with van der Waals surface area (Å²) < 4.78 is 2.28. The van der Waals surface area contributed by atoms with Gasteiger partial charge in [-0.25, -0.2) is 0 Å². The minimum atomic E-state index is 0.409. The van der Waals surface area contributed by atoms with Gasteiger partial charge in [0, 0.05) is 16.3 Å². The van der Waals surface area contributed by atoms with Crippen molar-refractivity contribution in [1.29, 1.82) is 0 Å². The van der Waals surface area contributed by atoms with Gasteiger partial charge in [-0.1, -0.05) is 83.0 Å². The van der Waals surface area contributed by atoms with Gasteiger partial charge in [-0.2, -0.15) is 0 Å². The van der Waals surface area contributed by atoms with Gasteiger partial charge in [0.05, 0.1) is 22.1 Å². The molecule has 1 aliphatic carbocycles. The molecule has 0 bridgehead atoms. The van der Waals surface area contributed by atoms with Crippen LogP contribution < -0.4 is 0 Å². The molecule has 0 radical (unpaired) electrons. The first kappa shape index (κ1) is 20.9. The highest BCUT2D eigenvalue weighted by atomic mass is 35.5. The smallest absolute Gasteiger partial charge is 0.142 e. The highest BCUT2D eigenvalue weighted by Crippen LogP contribution is 2.36. The highest BCUT2D eigenvalue weighted by molar-refractivity contribution is 6.32. The van der Waals surface area contributed by atoms with Gasteiger partial charge < -0.3 is 9.40 Å². The van der Waals surface area contributed by atoms with E-state index in [1.807, 2.05) is 48.5 Å². The number of para-hydroxylation sites is 1. The second-order valence-electron chi connectivity index (χ2n) is 7.83. The molecule has 1 aromatic heterocycles. The zero-order valence-electron chi connectivity index (χ0n) is 17.5. The van der Waals surface area contributed by atoms with Crippen LogP contribution in [-0.4, -0.2) is 10.3 Å². The number of hydrogen-bond acceptors (Lipinski definition) is 2. The van der Waals surface area contributed by atoms with E-state index in [-0.39, 0.29) is 0 Å². The van der Waals surface area contributed by atoms with Gasteiger partial charge >= 0.3 is 0 Å². The maximum absolute atomic E-state index is 6.63. The molecule has 0 unspecified atom stereocenters. The maximum atomic E-state index is 6.63. The van der Waals surface area contributed by atoms with Crippen LogP contribution in [0.1, 0.15) is 29.7 Å². The Hall–Kier alpha value is -3.01. The third kappa shape index (κ3) is 4.19. The topological polar surface area (TPSA) is 26.5 Å². The fourth-order valence-electron chi connectivity index (χ4n) is 4.19. The Balaban J connectivity index is 1.55. The molecule has 160 valence electrons. The first-order valence-electron chi connectivity index (χ1n) is 10.7. The lowest BCUT2D eigenvalue weighted by Crippen LogP contribution is -2.14. The average molecular weight is 461 g/mol. The third-order valence-corrected chi connectivity index (χ3v) is 6.29. The summed E-state index contributed by atoms with van der Waals surface area (Å²) in [5.74, 6) is 0. The van der Waals surface area contributed by atoms with E-state index >= 15 is 0 Å². The molecule has 32 heavy (non-hydrogen) atoms. The van der Waals surface area contributed by atoms with E-state index < -0.39 is 0 Å². The maximum Gasteiger partial charge on any atom is 0.142 e. The van der Waals surface area contributed by atoms with Crippen molar-refractivity contribution in [3.8, 4) is 16.9 Å². The van der Waals surface area contributed by atoms with Crippen LogP contribution in [0.25, 0.3) is 16.9 Å². The zero-order valence-corrected chi connectivity index (χ0v) is 19.0. The van der Waals surface area contributed by atoms with Gasteiger partial charge in [-0.3, -0.25) is 0 Å². The lowest BCUT2D eigenvalue weighted by atomic mass is 9.95.